The average molecular weight is 477 g/mol. The number of carbonyl (C=O) groups is 1. The number of benzene rings is 2. The van der Waals surface area contributed by atoms with E-state index in [0.29, 0.717) is 18.2 Å². The summed E-state index contributed by atoms with van der Waals surface area (Å²) in [6.07, 6.45) is 4.83. The van der Waals surface area contributed by atoms with Gasteiger partial charge >= 0.3 is 0 Å². The fourth-order valence-electron chi connectivity index (χ4n) is 4.78. The molecule has 1 aliphatic rings. The van der Waals surface area contributed by atoms with Gasteiger partial charge in [-0.2, -0.15) is 0 Å². The maximum Gasteiger partial charge on any atom is 0.270 e. The molecule has 176 valence electrons. The molecule has 5 rings (SSSR count). The Balaban J connectivity index is 1.18. The molecule has 0 saturated carbocycles. The molecule has 0 spiro atoms. The van der Waals surface area contributed by atoms with Crippen molar-refractivity contribution in [2.45, 2.75) is 45.6 Å². The van der Waals surface area contributed by atoms with Crippen molar-refractivity contribution in [3.05, 3.63) is 87.9 Å². The normalized spacial score (nSPS) is 14.6. The molecule has 1 aliphatic heterocycles. The molecule has 1 fully saturated rings. The molecule has 0 atom stereocenters. The largest absolute Gasteiger partial charge is 0.371 e. The molecule has 0 bridgehead atoms. The van der Waals surface area contributed by atoms with E-state index in [-0.39, 0.29) is 11.7 Å². The number of halogens is 1. The second-order valence-corrected chi connectivity index (χ2v) is 10.1. The Hall–Kier alpha value is -3.19. The van der Waals surface area contributed by atoms with Crippen LogP contribution >= 0.6 is 11.3 Å². The van der Waals surface area contributed by atoms with E-state index in [9.17, 15) is 9.18 Å². The van der Waals surface area contributed by atoms with E-state index >= 15 is 0 Å². The van der Waals surface area contributed by atoms with Gasteiger partial charge in [-0.15, -0.1) is 11.3 Å². The Morgan fingerprint density at radius 2 is 1.82 bits per heavy atom. The van der Waals surface area contributed by atoms with Crippen LogP contribution in [-0.4, -0.2) is 28.4 Å². The molecular weight excluding hydrogens is 447 g/mol. The number of thiazole rings is 1. The summed E-state index contributed by atoms with van der Waals surface area (Å²) in [7, 11) is 0. The zero-order chi connectivity index (χ0) is 23.7. The highest BCUT2D eigenvalue weighted by Gasteiger charge is 2.22. The summed E-state index contributed by atoms with van der Waals surface area (Å²) < 4.78 is 15.1. The van der Waals surface area contributed by atoms with Gasteiger partial charge in [0.15, 0.2) is 4.96 Å². The monoisotopic (exact) mass is 476 g/mol. The minimum atomic E-state index is -0.177. The van der Waals surface area contributed by atoms with E-state index in [4.69, 9.17) is 0 Å². The Bertz CT molecular complexity index is 1280. The van der Waals surface area contributed by atoms with Crippen LogP contribution in [0.3, 0.4) is 0 Å². The lowest BCUT2D eigenvalue weighted by molar-refractivity contribution is 0.0944. The number of imidazole rings is 1. The molecule has 7 heteroatoms. The molecule has 34 heavy (non-hydrogen) atoms. The van der Waals surface area contributed by atoms with Gasteiger partial charge in [0.1, 0.15) is 11.5 Å². The first kappa shape index (κ1) is 22.6. The number of nitrogens with one attached hydrogen (secondary N) is 1. The van der Waals surface area contributed by atoms with Crippen LogP contribution in [0.1, 0.15) is 57.9 Å². The summed E-state index contributed by atoms with van der Waals surface area (Å²) in [5, 5.41) is 3.07. The van der Waals surface area contributed by atoms with Crippen LogP contribution in [0, 0.1) is 12.7 Å². The second kappa shape index (κ2) is 9.58. The van der Waals surface area contributed by atoms with Gasteiger partial charge < -0.3 is 10.2 Å². The fourth-order valence-corrected chi connectivity index (χ4v) is 5.63. The first-order valence-electron chi connectivity index (χ1n) is 11.9. The number of hydrogen-bond acceptors (Lipinski definition) is 4. The highest BCUT2D eigenvalue weighted by molar-refractivity contribution is 7.17. The minimum Gasteiger partial charge on any atom is -0.371 e. The van der Waals surface area contributed by atoms with E-state index in [1.165, 1.54) is 11.3 Å². The van der Waals surface area contributed by atoms with E-state index in [0.717, 1.165) is 53.4 Å². The predicted octanol–water partition coefficient (Wildman–Crippen LogP) is 5.72. The van der Waals surface area contributed by atoms with Crippen molar-refractivity contribution < 1.29 is 9.18 Å². The maximum absolute atomic E-state index is 13.2. The van der Waals surface area contributed by atoms with E-state index in [1.54, 1.807) is 23.5 Å². The van der Waals surface area contributed by atoms with Gasteiger partial charge in [-0.3, -0.25) is 9.20 Å². The Morgan fingerprint density at radius 1 is 1.12 bits per heavy atom. The second-order valence-electron chi connectivity index (χ2n) is 8.92. The number of anilines is 1. The van der Waals surface area contributed by atoms with E-state index in [2.05, 4.69) is 39.5 Å². The smallest absolute Gasteiger partial charge is 0.270 e. The van der Waals surface area contributed by atoms with Crippen LogP contribution in [0.2, 0.25) is 0 Å². The summed E-state index contributed by atoms with van der Waals surface area (Å²) in [6, 6.07) is 15.4. The molecule has 1 saturated heterocycles. The molecule has 0 unspecified atom stereocenters. The quantitative estimate of drug-likeness (QED) is 0.387. The number of aromatic nitrogens is 2. The lowest BCUT2D eigenvalue weighted by Gasteiger charge is -2.34. The third-order valence-corrected chi connectivity index (χ3v) is 7.55. The molecule has 0 radical (unpaired) electrons. The van der Waals surface area contributed by atoms with Crippen molar-refractivity contribution >= 4 is 27.9 Å². The van der Waals surface area contributed by atoms with Crippen LogP contribution < -0.4 is 10.2 Å². The van der Waals surface area contributed by atoms with Crippen LogP contribution in [0.15, 0.2) is 54.7 Å². The van der Waals surface area contributed by atoms with Crippen LogP contribution in [0.4, 0.5) is 10.1 Å². The molecule has 5 nitrogen and oxygen atoms in total. The summed E-state index contributed by atoms with van der Waals surface area (Å²) in [5.41, 5.74) is 4.97. The third kappa shape index (κ3) is 4.57. The summed E-state index contributed by atoms with van der Waals surface area (Å²) in [5.74, 6) is 0.221. The topological polar surface area (TPSA) is 49.6 Å². The number of nitrogens with zero attached hydrogens (tertiary/aromatic N) is 3. The van der Waals surface area contributed by atoms with Crippen LogP contribution in [-0.2, 0) is 13.0 Å². The number of piperidine rings is 1. The summed E-state index contributed by atoms with van der Waals surface area (Å²) in [6.45, 7) is 6.49. The number of aryl methyl sites for hydroxylation is 2. The van der Waals surface area contributed by atoms with Crippen molar-refractivity contribution in [3.63, 3.8) is 0 Å². The van der Waals surface area contributed by atoms with Gasteiger partial charge in [-0.1, -0.05) is 31.2 Å². The van der Waals surface area contributed by atoms with Gasteiger partial charge in [-0.05, 0) is 67.5 Å². The van der Waals surface area contributed by atoms with Crippen molar-refractivity contribution in [2.24, 2.45) is 0 Å². The zero-order valence-corrected chi connectivity index (χ0v) is 20.4. The zero-order valence-electron chi connectivity index (χ0n) is 19.6. The molecule has 4 aromatic rings. The molecule has 1 N–H and O–H groups in total. The lowest BCUT2D eigenvalue weighted by Crippen LogP contribution is -2.32. The Labute approximate surface area is 203 Å². The molecule has 2 aromatic heterocycles. The van der Waals surface area contributed by atoms with Gasteiger partial charge in [0.2, 0.25) is 0 Å². The average Bonchev–Trinajstić information content (AvgIpc) is 3.39. The molecule has 3 heterocycles. The fraction of sp³-hybridized carbons (Fsp3) is 0.333. The number of amides is 1. The van der Waals surface area contributed by atoms with Crippen molar-refractivity contribution in [2.75, 3.05) is 18.0 Å². The van der Waals surface area contributed by atoms with Gasteiger partial charge in [0.25, 0.3) is 5.91 Å². The highest BCUT2D eigenvalue weighted by Crippen LogP contribution is 2.30. The first-order chi connectivity index (χ1) is 16.5. The van der Waals surface area contributed by atoms with Crippen molar-refractivity contribution in [1.29, 1.82) is 0 Å². The first-order valence-corrected chi connectivity index (χ1v) is 12.7. The Morgan fingerprint density at radius 3 is 2.50 bits per heavy atom. The van der Waals surface area contributed by atoms with E-state index in [1.807, 2.05) is 36.6 Å². The van der Waals surface area contributed by atoms with Crippen molar-refractivity contribution in [1.82, 2.24) is 14.7 Å². The molecule has 0 aliphatic carbocycles. The minimum absolute atomic E-state index is 0.0888. The summed E-state index contributed by atoms with van der Waals surface area (Å²) >= 11 is 1.60. The SMILES string of the molecule is CCc1nc2sc(C)cn2c1C(=O)NCc1ccc(N2CCC(c3ccc(F)cc3)CC2)cc1. The Kier molecular flexibility index (Phi) is 6.37. The van der Waals surface area contributed by atoms with E-state index < -0.39 is 0 Å². The van der Waals surface area contributed by atoms with Crippen molar-refractivity contribution in [3.8, 4) is 0 Å². The lowest BCUT2D eigenvalue weighted by atomic mass is 9.89. The number of rotatable bonds is 6. The third-order valence-electron chi connectivity index (χ3n) is 6.66. The summed E-state index contributed by atoms with van der Waals surface area (Å²) in [4.78, 5) is 22.0. The number of carbonyl (C=O) groups excluding carboxylic acids is 1. The molecule has 1 amide bonds. The maximum atomic E-state index is 13.2. The van der Waals surface area contributed by atoms with Gasteiger partial charge in [0, 0.05) is 36.4 Å². The highest BCUT2D eigenvalue weighted by atomic mass is 32.1. The number of fused-ring (bicyclic) bond motifs is 1. The predicted molar refractivity (Wildman–Crippen MR) is 135 cm³/mol. The standard InChI is InChI=1S/C27H29FN4OS/c1-3-24-25(32-17-18(2)34-27(32)30-24)26(33)29-16-19-4-10-23(11-5-19)31-14-12-21(13-15-31)20-6-8-22(28)9-7-20/h4-11,17,21H,3,12-16H2,1-2H3,(H,29,33). The van der Waals surface area contributed by atoms with Crippen LogP contribution in [0.25, 0.3) is 4.96 Å². The van der Waals surface area contributed by atoms with Crippen LogP contribution in [0.5, 0.6) is 0 Å². The number of hydrogen-bond donors (Lipinski definition) is 1. The van der Waals surface area contributed by atoms with Gasteiger partial charge in [0.05, 0.1) is 5.69 Å². The molecular formula is C27H29FN4OS. The van der Waals surface area contributed by atoms with Gasteiger partial charge in [-0.25, -0.2) is 9.37 Å². The molecule has 2 aromatic carbocycles.